The minimum Gasteiger partial charge on any atom is -0.490 e. The molecular formula is C14H15BrClN3O2. The third-order valence-electron chi connectivity index (χ3n) is 2.69. The Morgan fingerprint density at radius 1 is 1.48 bits per heavy atom. The third-order valence-corrected chi connectivity index (χ3v) is 3.54. The molecule has 0 spiro atoms. The molecule has 2 N–H and O–H groups in total. The first kappa shape index (κ1) is 16.0. The molecule has 0 aliphatic rings. The molecule has 0 aliphatic heterocycles. The van der Waals surface area contributed by atoms with Gasteiger partial charge in [-0.25, -0.2) is 4.68 Å². The van der Waals surface area contributed by atoms with Gasteiger partial charge in [-0.3, -0.25) is 4.79 Å². The van der Waals surface area contributed by atoms with Gasteiger partial charge in [0.05, 0.1) is 12.7 Å². The van der Waals surface area contributed by atoms with Crippen LogP contribution in [0.5, 0.6) is 5.75 Å². The zero-order valence-electron chi connectivity index (χ0n) is 11.4. The van der Waals surface area contributed by atoms with E-state index in [0.29, 0.717) is 23.9 Å². The van der Waals surface area contributed by atoms with E-state index in [4.69, 9.17) is 22.1 Å². The van der Waals surface area contributed by atoms with Gasteiger partial charge >= 0.3 is 0 Å². The van der Waals surface area contributed by atoms with Crippen LogP contribution in [-0.2, 0) is 6.54 Å². The molecule has 0 amide bonds. The fourth-order valence-corrected chi connectivity index (χ4v) is 2.39. The summed E-state index contributed by atoms with van der Waals surface area (Å²) in [5.41, 5.74) is 6.16. The lowest BCUT2D eigenvalue weighted by atomic mass is 10.2. The highest BCUT2D eigenvalue weighted by Gasteiger charge is 2.06. The van der Waals surface area contributed by atoms with Gasteiger partial charge in [-0.15, -0.1) is 0 Å². The molecule has 0 bridgehead atoms. The summed E-state index contributed by atoms with van der Waals surface area (Å²) in [5, 5.41) is 4.66. The maximum absolute atomic E-state index is 12.0. The van der Waals surface area contributed by atoms with Crippen molar-refractivity contribution in [2.75, 3.05) is 6.61 Å². The number of aromatic nitrogens is 2. The monoisotopic (exact) mass is 371 g/mol. The van der Waals surface area contributed by atoms with E-state index in [1.54, 1.807) is 6.07 Å². The first-order valence-corrected chi connectivity index (χ1v) is 7.52. The van der Waals surface area contributed by atoms with Gasteiger partial charge in [0.15, 0.2) is 0 Å². The Bertz CT molecular complexity index is 688. The minimum atomic E-state index is -0.254. The predicted molar refractivity (Wildman–Crippen MR) is 85.9 cm³/mol. The number of nitrogens with two attached hydrogens (primary N) is 1. The summed E-state index contributed by atoms with van der Waals surface area (Å²) in [6.45, 7) is 2.46. The molecule has 1 unspecified atom stereocenters. The number of hydrogen-bond acceptors (Lipinski definition) is 4. The van der Waals surface area contributed by atoms with E-state index in [1.807, 2.05) is 19.1 Å². The average molecular weight is 373 g/mol. The molecule has 1 heterocycles. The Morgan fingerprint density at radius 2 is 2.24 bits per heavy atom. The summed E-state index contributed by atoms with van der Waals surface area (Å²) in [6.07, 6.45) is 1.50. The molecule has 1 aromatic carbocycles. The second kappa shape index (κ2) is 7.06. The molecule has 0 saturated heterocycles. The van der Waals surface area contributed by atoms with Gasteiger partial charge in [0.1, 0.15) is 12.4 Å². The van der Waals surface area contributed by atoms with E-state index >= 15 is 0 Å². The van der Waals surface area contributed by atoms with Crippen molar-refractivity contribution in [1.29, 1.82) is 0 Å². The molecular weight excluding hydrogens is 358 g/mol. The van der Waals surface area contributed by atoms with Crippen LogP contribution < -0.4 is 16.0 Å². The van der Waals surface area contributed by atoms with E-state index in [0.717, 1.165) is 10.0 Å². The Hall–Kier alpha value is -1.37. The SMILES string of the molecule is CC(N)COc1cnn(Cc2ccc(Br)cc2Cl)c(=O)c1. The van der Waals surface area contributed by atoms with E-state index in [1.165, 1.54) is 16.9 Å². The summed E-state index contributed by atoms with van der Waals surface area (Å²) in [6, 6.07) is 6.78. The van der Waals surface area contributed by atoms with Gasteiger partial charge in [-0.1, -0.05) is 33.6 Å². The maximum Gasteiger partial charge on any atom is 0.270 e. The van der Waals surface area contributed by atoms with E-state index in [-0.39, 0.29) is 11.6 Å². The van der Waals surface area contributed by atoms with Gasteiger partial charge in [-0.2, -0.15) is 5.10 Å². The van der Waals surface area contributed by atoms with Crippen LogP contribution in [0.25, 0.3) is 0 Å². The Morgan fingerprint density at radius 3 is 2.86 bits per heavy atom. The van der Waals surface area contributed by atoms with Crippen LogP contribution in [0.3, 0.4) is 0 Å². The summed E-state index contributed by atoms with van der Waals surface area (Å²) in [4.78, 5) is 12.0. The first-order valence-electron chi connectivity index (χ1n) is 6.35. The summed E-state index contributed by atoms with van der Waals surface area (Å²) < 4.78 is 7.57. The number of benzene rings is 1. The van der Waals surface area contributed by atoms with Gasteiger partial charge in [0.2, 0.25) is 0 Å². The van der Waals surface area contributed by atoms with Crippen molar-refractivity contribution >= 4 is 27.5 Å². The van der Waals surface area contributed by atoms with Crippen molar-refractivity contribution in [3.8, 4) is 5.75 Å². The van der Waals surface area contributed by atoms with Gasteiger partial charge in [0.25, 0.3) is 5.56 Å². The van der Waals surface area contributed by atoms with Crippen molar-refractivity contribution < 1.29 is 4.74 Å². The van der Waals surface area contributed by atoms with E-state index in [2.05, 4.69) is 21.0 Å². The highest BCUT2D eigenvalue weighted by atomic mass is 79.9. The van der Waals surface area contributed by atoms with Crippen molar-refractivity contribution in [2.45, 2.75) is 19.5 Å². The average Bonchev–Trinajstić information content (AvgIpc) is 2.42. The van der Waals surface area contributed by atoms with Crippen LogP contribution in [0.1, 0.15) is 12.5 Å². The standard InChI is InChI=1S/C14H15BrClN3O2/c1-9(17)8-21-12-5-14(20)19(18-6-12)7-10-2-3-11(15)4-13(10)16/h2-6,9H,7-8,17H2,1H3. The summed E-state index contributed by atoms with van der Waals surface area (Å²) in [7, 11) is 0. The van der Waals surface area contributed by atoms with Crippen molar-refractivity contribution in [3.63, 3.8) is 0 Å². The first-order chi connectivity index (χ1) is 9.95. The van der Waals surface area contributed by atoms with Gasteiger partial charge in [-0.05, 0) is 24.6 Å². The number of halogens is 2. The Kier molecular flexibility index (Phi) is 5.39. The van der Waals surface area contributed by atoms with Crippen molar-refractivity contribution in [3.05, 3.63) is 55.9 Å². The molecule has 0 fully saturated rings. The third kappa shape index (κ3) is 4.56. The zero-order valence-corrected chi connectivity index (χ0v) is 13.8. The van der Waals surface area contributed by atoms with E-state index in [9.17, 15) is 4.79 Å². The Labute approximate surface area is 135 Å². The molecule has 1 atom stereocenters. The number of ether oxygens (including phenoxy) is 1. The predicted octanol–water partition coefficient (Wildman–Crippen LogP) is 2.43. The van der Waals surface area contributed by atoms with Gasteiger partial charge in [0, 0.05) is 21.6 Å². The van der Waals surface area contributed by atoms with Crippen LogP contribution in [0.4, 0.5) is 0 Å². The van der Waals surface area contributed by atoms with Crippen LogP contribution in [0.2, 0.25) is 5.02 Å². The summed E-state index contributed by atoms with van der Waals surface area (Å²) in [5.74, 6) is 0.412. The zero-order chi connectivity index (χ0) is 15.4. The lowest BCUT2D eigenvalue weighted by Gasteiger charge is -2.10. The van der Waals surface area contributed by atoms with Crippen LogP contribution in [0, 0.1) is 0 Å². The largest absolute Gasteiger partial charge is 0.490 e. The molecule has 5 nitrogen and oxygen atoms in total. The molecule has 0 radical (unpaired) electrons. The number of nitrogens with zero attached hydrogens (tertiary/aromatic N) is 2. The van der Waals surface area contributed by atoms with Crippen LogP contribution in [-0.4, -0.2) is 22.4 Å². The molecule has 0 aliphatic carbocycles. The van der Waals surface area contributed by atoms with Crippen LogP contribution >= 0.6 is 27.5 Å². The fourth-order valence-electron chi connectivity index (χ4n) is 1.65. The second-order valence-electron chi connectivity index (χ2n) is 4.71. The fraction of sp³-hybridized carbons (Fsp3) is 0.286. The lowest BCUT2D eigenvalue weighted by Crippen LogP contribution is -2.26. The molecule has 7 heteroatoms. The smallest absolute Gasteiger partial charge is 0.270 e. The maximum atomic E-state index is 12.0. The lowest BCUT2D eigenvalue weighted by molar-refractivity contribution is 0.293. The molecule has 21 heavy (non-hydrogen) atoms. The van der Waals surface area contributed by atoms with Gasteiger partial charge < -0.3 is 10.5 Å². The van der Waals surface area contributed by atoms with Crippen molar-refractivity contribution in [2.24, 2.45) is 5.73 Å². The highest BCUT2D eigenvalue weighted by Crippen LogP contribution is 2.21. The number of hydrogen-bond donors (Lipinski definition) is 1. The summed E-state index contributed by atoms with van der Waals surface area (Å²) >= 11 is 9.48. The van der Waals surface area contributed by atoms with Crippen LogP contribution in [0.15, 0.2) is 39.7 Å². The minimum absolute atomic E-state index is 0.103. The highest BCUT2D eigenvalue weighted by molar-refractivity contribution is 9.10. The van der Waals surface area contributed by atoms with E-state index < -0.39 is 0 Å². The molecule has 1 aromatic heterocycles. The number of rotatable bonds is 5. The molecule has 0 saturated carbocycles. The molecule has 2 rings (SSSR count). The normalized spacial score (nSPS) is 12.2. The quantitative estimate of drug-likeness (QED) is 0.875. The molecule has 2 aromatic rings. The topological polar surface area (TPSA) is 70.1 Å². The Balaban J connectivity index is 2.16. The molecule has 112 valence electrons. The second-order valence-corrected chi connectivity index (χ2v) is 6.03. The van der Waals surface area contributed by atoms with Crippen molar-refractivity contribution in [1.82, 2.24) is 9.78 Å².